The molecule has 1 aromatic rings. The molecule has 1 aromatic heterocycles. The van der Waals surface area contributed by atoms with Crippen molar-refractivity contribution in [2.75, 3.05) is 18.1 Å². The normalized spacial score (nSPS) is 21.5. The first-order valence-corrected chi connectivity index (χ1v) is 7.20. The maximum Gasteiger partial charge on any atom is 0.174 e. The van der Waals surface area contributed by atoms with Crippen molar-refractivity contribution < 1.29 is 4.79 Å². The van der Waals surface area contributed by atoms with Crippen LogP contribution in [0.3, 0.4) is 0 Å². The van der Waals surface area contributed by atoms with Gasteiger partial charge >= 0.3 is 0 Å². The monoisotopic (exact) mass is 261 g/mol. The third-order valence-electron chi connectivity index (χ3n) is 2.28. The highest BCUT2D eigenvalue weighted by atomic mass is 35.5. The van der Waals surface area contributed by atoms with E-state index in [4.69, 9.17) is 11.6 Å². The number of nitrogens with one attached hydrogen (secondary N) is 1. The van der Waals surface area contributed by atoms with E-state index in [9.17, 15) is 4.79 Å². The molecule has 0 aromatic carbocycles. The SMILES string of the molecule is O=C(CC1CSCCN1)c1ccc(Cl)s1. The van der Waals surface area contributed by atoms with Crippen LogP contribution in [0.5, 0.6) is 0 Å². The molecule has 1 saturated heterocycles. The molecular formula is C10H12ClNOS2. The minimum Gasteiger partial charge on any atom is -0.312 e. The van der Waals surface area contributed by atoms with Crippen molar-refractivity contribution in [3.8, 4) is 0 Å². The van der Waals surface area contributed by atoms with Crippen LogP contribution < -0.4 is 5.32 Å². The van der Waals surface area contributed by atoms with Crippen molar-refractivity contribution in [3.63, 3.8) is 0 Å². The molecule has 0 saturated carbocycles. The van der Waals surface area contributed by atoms with Gasteiger partial charge in [0.1, 0.15) is 0 Å². The third kappa shape index (κ3) is 3.21. The summed E-state index contributed by atoms with van der Waals surface area (Å²) in [6.07, 6.45) is 0.587. The summed E-state index contributed by atoms with van der Waals surface area (Å²) < 4.78 is 0.685. The summed E-state index contributed by atoms with van der Waals surface area (Å²) in [6, 6.07) is 3.92. The summed E-state index contributed by atoms with van der Waals surface area (Å²) in [5.41, 5.74) is 0. The molecule has 1 atom stereocenters. The van der Waals surface area contributed by atoms with Crippen LogP contribution in [0.2, 0.25) is 4.34 Å². The van der Waals surface area contributed by atoms with Crippen molar-refractivity contribution in [3.05, 3.63) is 21.3 Å². The van der Waals surface area contributed by atoms with Gasteiger partial charge in [0.2, 0.25) is 0 Å². The maximum atomic E-state index is 11.8. The molecule has 2 rings (SSSR count). The Bertz CT molecular complexity index is 347. The molecular weight excluding hydrogens is 250 g/mol. The molecule has 1 N–H and O–H groups in total. The Balaban J connectivity index is 1.91. The highest BCUT2D eigenvalue weighted by Crippen LogP contribution is 2.23. The van der Waals surface area contributed by atoms with Crippen LogP contribution in [0.15, 0.2) is 12.1 Å². The summed E-state index contributed by atoms with van der Waals surface area (Å²) >= 11 is 9.07. The van der Waals surface area contributed by atoms with Crippen LogP contribution in [0.4, 0.5) is 0 Å². The number of hydrogen-bond acceptors (Lipinski definition) is 4. The summed E-state index contributed by atoms with van der Waals surface area (Å²) in [5, 5.41) is 3.36. The van der Waals surface area contributed by atoms with Gasteiger partial charge in [-0.25, -0.2) is 0 Å². The van der Waals surface area contributed by atoms with Crippen molar-refractivity contribution in [1.29, 1.82) is 0 Å². The molecule has 2 nitrogen and oxygen atoms in total. The zero-order chi connectivity index (χ0) is 10.7. The first kappa shape index (κ1) is 11.5. The first-order chi connectivity index (χ1) is 7.25. The number of rotatable bonds is 3. The first-order valence-electron chi connectivity index (χ1n) is 4.85. The lowest BCUT2D eigenvalue weighted by Gasteiger charge is -2.22. The molecule has 0 radical (unpaired) electrons. The summed E-state index contributed by atoms with van der Waals surface area (Å²) in [4.78, 5) is 12.6. The second-order valence-corrected chi connectivity index (χ2v) is 6.32. The Labute approximate surface area is 102 Å². The van der Waals surface area contributed by atoms with Crippen molar-refractivity contribution in [2.24, 2.45) is 0 Å². The fraction of sp³-hybridized carbons (Fsp3) is 0.500. The predicted molar refractivity (Wildman–Crippen MR) is 67.4 cm³/mol. The van der Waals surface area contributed by atoms with Crippen LogP contribution in [0.25, 0.3) is 0 Å². The van der Waals surface area contributed by atoms with E-state index >= 15 is 0 Å². The van der Waals surface area contributed by atoms with Crippen LogP contribution in [-0.4, -0.2) is 29.9 Å². The molecule has 1 unspecified atom stereocenters. The summed E-state index contributed by atoms with van der Waals surface area (Å²) in [7, 11) is 0. The number of thiophene rings is 1. The average molecular weight is 262 g/mol. The Hall–Kier alpha value is -0.0300. The fourth-order valence-electron chi connectivity index (χ4n) is 1.54. The van der Waals surface area contributed by atoms with Crippen molar-refractivity contribution in [2.45, 2.75) is 12.5 Å². The molecule has 0 amide bonds. The number of thioether (sulfide) groups is 1. The zero-order valence-corrected chi connectivity index (χ0v) is 10.6. The molecule has 1 aliphatic rings. The van der Waals surface area contributed by atoms with Crippen LogP contribution in [-0.2, 0) is 0 Å². The molecule has 0 bridgehead atoms. The topological polar surface area (TPSA) is 29.1 Å². The van der Waals surface area contributed by atoms with Gasteiger partial charge in [0.25, 0.3) is 0 Å². The van der Waals surface area contributed by atoms with Gasteiger partial charge in [-0.05, 0) is 12.1 Å². The lowest BCUT2D eigenvalue weighted by atomic mass is 10.1. The number of carbonyl (C=O) groups is 1. The summed E-state index contributed by atoms with van der Waals surface area (Å²) in [6.45, 7) is 1.01. The molecule has 5 heteroatoms. The number of halogens is 1. The van der Waals surface area contributed by atoms with Gasteiger partial charge in [-0.15, -0.1) is 11.3 Å². The molecule has 15 heavy (non-hydrogen) atoms. The van der Waals surface area contributed by atoms with Gasteiger partial charge in [-0.3, -0.25) is 4.79 Å². The van der Waals surface area contributed by atoms with Gasteiger partial charge in [0.15, 0.2) is 5.78 Å². The Morgan fingerprint density at radius 2 is 2.47 bits per heavy atom. The van der Waals surface area contributed by atoms with Crippen molar-refractivity contribution in [1.82, 2.24) is 5.32 Å². The average Bonchev–Trinajstić information content (AvgIpc) is 2.66. The van der Waals surface area contributed by atoms with E-state index in [1.54, 1.807) is 6.07 Å². The van der Waals surface area contributed by atoms with Crippen LogP contribution >= 0.6 is 34.7 Å². The van der Waals surface area contributed by atoms with Crippen LogP contribution in [0, 0.1) is 0 Å². The smallest absolute Gasteiger partial charge is 0.174 e. The fourth-order valence-corrected chi connectivity index (χ4v) is 3.48. The minimum atomic E-state index is 0.201. The Kier molecular flexibility index (Phi) is 4.08. The highest BCUT2D eigenvalue weighted by molar-refractivity contribution is 7.99. The Morgan fingerprint density at radius 3 is 3.07 bits per heavy atom. The predicted octanol–water partition coefficient (Wildman–Crippen LogP) is 2.68. The molecule has 1 fully saturated rings. The highest BCUT2D eigenvalue weighted by Gasteiger charge is 2.18. The Morgan fingerprint density at radius 1 is 1.60 bits per heavy atom. The largest absolute Gasteiger partial charge is 0.312 e. The number of carbonyl (C=O) groups excluding carboxylic acids is 1. The second kappa shape index (κ2) is 5.34. The van der Waals surface area contributed by atoms with Gasteiger partial charge < -0.3 is 5.32 Å². The van der Waals surface area contributed by atoms with E-state index in [2.05, 4.69) is 5.32 Å². The third-order valence-corrected chi connectivity index (χ3v) is 4.68. The van der Waals surface area contributed by atoms with E-state index in [0.29, 0.717) is 16.8 Å². The quantitative estimate of drug-likeness (QED) is 0.849. The zero-order valence-electron chi connectivity index (χ0n) is 8.16. The molecule has 2 heterocycles. The number of hydrogen-bond donors (Lipinski definition) is 1. The molecule has 82 valence electrons. The molecule has 0 aliphatic carbocycles. The molecule has 1 aliphatic heterocycles. The second-order valence-electron chi connectivity index (χ2n) is 3.46. The lowest BCUT2D eigenvalue weighted by Crippen LogP contribution is -2.38. The van der Waals surface area contributed by atoms with Crippen molar-refractivity contribution >= 4 is 40.5 Å². The van der Waals surface area contributed by atoms with Gasteiger partial charge in [-0.1, -0.05) is 11.6 Å². The van der Waals surface area contributed by atoms with Gasteiger partial charge in [0.05, 0.1) is 9.21 Å². The van der Waals surface area contributed by atoms with E-state index in [1.165, 1.54) is 11.3 Å². The van der Waals surface area contributed by atoms with E-state index in [1.807, 2.05) is 17.8 Å². The number of Topliss-reactive ketones (excluding diaryl/α,β-unsaturated/α-hetero) is 1. The van der Waals surface area contributed by atoms with E-state index in [-0.39, 0.29) is 5.78 Å². The van der Waals surface area contributed by atoms with Gasteiger partial charge in [-0.2, -0.15) is 11.8 Å². The number of ketones is 1. The summed E-state index contributed by atoms with van der Waals surface area (Å²) in [5.74, 6) is 2.38. The van der Waals surface area contributed by atoms with E-state index < -0.39 is 0 Å². The minimum absolute atomic E-state index is 0.201. The molecule has 0 spiro atoms. The maximum absolute atomic E-state index is 11.8. The standard InChI is InChI=1S/C10H12ClNOS2/c11-10-2-1-9(15-10)8(13)5-7-6-14-4-3-12-7/h1-2,7,12H,3-6H2. The van der Waals surface area contributed by atoms with E-state index in [0.717, 1.165) is 22.9 Å². The van der Waals surface area contributed by atoms with Gasteiger partial charge in [0, 0.05) is 30.5 Å². The van der Waals surface area contributed by atoms with Crippen LogP contribution in [0.1, 0.15) is 16.1 Å². The lowest BCUT2D eigenvalue weighted by molar-refractivity contribution is 0.0976.